The third kappa shape index (κ3) is 4.90. The van der Waals surface area contributed by atoms with E-state index in [2.05, 4.69) is 169 Å². The molecule has 3 aromatic rings. The smallest absolute Gasteiger partial charge is 0.176 e. The van der Waals surface area contributed by atoms with E-state index in [1.807, 2.05) is 0 Å². The quantitative estimate of drug-likeness (QED) is 0.313. The largest absolute Gasteiger partial charge is 0.472 e. The molecular weight excluding hydrogens is 574 g/mol. The van der Waals surface area contributed by atoms with Gasteiger partial charge in [-0.05, 0) is 41.3 Å². The lowest BCUT2D eigenvalue weighted by Crippen LogP contribution is -2.47. The summed E-state index contributed by atoms with van der Waals surface area (Å²) < 4.78 is 6.84. The van der Waals surface area contributed by atoms with Gasteiger partial charge in [-0.2, -0.15) is 0 Å². The Balaban J connectivity index is 1.05. The van der Waals surface area contributed by atoms with Gasteiger partial charge in [-0.25, -0.2) is 4.98 Å². The zero-order valence-corrected chi connectivity index (χ0v) is 26.6. The lowest BCUT2D eigenvalue weighted by Gasteiger charge is -2.40. The van der Waals surface area contributed by atoms with E-state index in [9.17, 15) is 0 Å². The summed E-state index contributed by atoms with van der Waals surface area (Å²) in [5.74, 6) is 2.32. The summed E-state index contributed by atoms with van der Waals surface area (Å²) in [6.07, 6.45) is 30.7. The first kappa shape index (κ1) is 28.3. The highest BCUT2D eigenvalue weighted by molar-refractivity contribution is 5.78. The zero-order chi connectivity index (χ0) is 31.3. The van der Waals surface area contributed by atoms with E-state index in [0.29, 0.717) is 11.8 Å². The predicted molar refractivity (Wildman–Crippen MR) is 190 cm³/mol. The first-order valence-corrected chi connectivity index (χ1v) is 17.1. The number of nitrogens with one attached hydrogen (secondary N) is 1. The molecule has 8 unspecified atom stereocenters. The topological polar surface area (TPSA) is 37.4 Å². The second-order valence-corrected chi connectivity index (χ2v) is 13.5. The first-order valence-electron chi connectivity index (χ1n) is 17.1. The molecule has 4 aliphatic carbocycles. The number of hydrogen-bond acceptors (Lipinski definition) is 4. The maximum absolute atomic E-state index is 6.84. The molecular formula is C43H39N3O. The van der Waals surface area contributed by atoms with Crippen molar-refractivity contribution in [3.63, 3.8) is 0 Å². The van der Waals surface area contributed by atoms with Crippen LogP contribution in [0.4, 0.5) is 0 Å². The van der Waals surface area contributed by atoms with Gasteiger partial charge in [0.15, 0.2) is 6.23 Å². The van der Waals surface area contributed by atoms with E-state index < -0.39 is 0 Å². The van der Waals surface area contributed by atoms with E-state index in [1.165, 1.54) is 16.7 Å². The van der Waals surface area contributed by atoms with Crippen LogP contribution in [0.15, 0.2) is 163 Å². The fraction of sp³-hybridized carbons (Fsp3) is 0.233. The van der Waals surface area contributed by atoms with Crippen molar-refractivity contribution in [3.8, 4) is 22.4 Å². The van der Waals surface area contributed by atoms with Crippen molar-refractivity contribution in [2.45, 2.75) is 37.7 Å². The molecule has 1 fully saturated rings. The van der Waals surface area contributed by atoms with Crippen LogP contribution < -0.4 is 5.32 Å². The predicted octanol–water partition coefficient (Wildman–Crippen LogP) is 8.64. The summed E-state index contributed by atoms with van der Waals surface area (Å²) in [6, 6.07) is 26.5. The molecule has 0 radical (unpaired) electrons. The number of aromatic nitrogens is 1. The second-order valence-electron chi connectivity index (χ2n) is 13.5. The summed E-state index contributed by atoms with van der Waals surface area (Å²) >= 11 is 0. The minimum Gasteiger partial charge on any atom is -0.472 e. The van der Waals surface area contributed by atoms with Gasteiger partial charge in [0, 0.05) is 47.4 Å². The Bertz CT molecular complexity index is 1870. The van der Waals surface area contributed by atoms with Crippen LogP contribution in [0.3, 0.4) is 0 Å². The number of allylic oxidation sites excluding steroid dienone is 8. The maximum atomic E-state index is 6.84. The average Bonchev–Trinajstić information content (AvgIpc) is 3.72. The van der Waals surface area contributed by atoms with Gasteiger partial charge in [0.05, 0.1) is 17.1 Å². The van der Waals surface area contributed by atoms with Crippen LogP contribution in [-0.4, -0.2) is 34.2 Å². The lowest BCUT2D eigenvalue weighted by atomic mass is 9.81. The summed E-state index contributed by atoms with van der Waals surface area (Å²) in [5, 5.41) is 3.73. The Kier molecular flexibility index (Phi) is 7.05. The number of rotatable bonds is 5. The molecule has 1 N–H and O–H groups in total. The number of likely N-dealkylation sites (tertiary alicyclic amines) is 1. The van der Waals surface area contributed by atoms with E-state index in [1.54, 1.807) is 0 Å². The van der Waals surface area contributed by atoms with Gasteiger partial charge >= 0.3 is 0 Å². The van der Waals surface area contributed by atoms with Crippen molar-refractivity contribution in [1.29, 1.82) is 0 Å². The molecule has 47 heavy (non-hydrogen) atoms. The van der Waals surface area contributed by atoms with Crippen molar-refractivity contribution in [1.82, 2.24) is 15.2 Å². The van der Waals surface area contributed by atoms with Crippen LogP contribution in [0.1, 0.15) is 19.0 Å². The van der Waals surface area contributed by atoms with Crippen molar-refractivity contribution in [3.05, 3.63) is 169 Å². The molecule has 8 atom stereocenters. The van der Waals surface area contributed by atoms with Crippen molar-refractivity contribution in [2.24, 2.45) is 23.7 Å². The van der Waals surface area contributed by atoms with Crippen molar-refractivity contribution in [2.75, 3.05) is 0 Å². The third-order valence-electron chi connectivity index (χ3n) is 10.8. The minimum atomic E-state index is -0.0231. The molecule has 9 rings (SSSR count). The molecule has 4 heteroatoms. The van der Waals surface area contributed by atoms with Crippen LogP contribution in [0.5, 0.6) is 0 Å². The highest BCUT2D eigenvalue weighted by Crippen LogP contribution is 2.51. The number of ether oxygens (including phenoxy) is 1. The second kappa shape index (κ2) is 11.7. The molecule has 4 nitrogen and oxygen atoms in total. The molecule has 1 aromatic heterocycles. The number of fused-ring (bicyclic) bond motifs is 4. The molecule has 0 bridgehead atoms. The Hall–Kier alpha value is -4.93. The van der Waals surface area contributed by atoms with Gasteiger partial charge in [0.25, 0.3) is 0 Å². The molecule has 6 aliphatic rings. The van der Waals surface area contributed by atoms with Crippen LogP contribution in [0.25, 0.3) is 28.0 Å². The molecule has 2 aromatic carbocycles. The minimum absolute atomic E-state index is 0.0231. The van der Waals surface area contributed by atoms with Gasteiger partial charge in [-0.3, -0.25) is 4.90 Å². The molecule has 2 aliphatic heterocycles. The fourth-order valence-electron chi connectivity index (χ4n) is 8.54. The number of benzene rings is 2. The standard InChI is InChI=1S/C43H39N3O/c1-28-33(37-27-32(29-14-5-2-6-15-29)26-36(44-37)30-16-7-3-8-17-30)21-13-23-38(28)46-39-22-12-11-20-34(39)41-40(46)25-24-35-42(41)47-43(45-35)31-18-9-4-10-19-31/h2-18,20-28,31,34,38-41,43,45H,19H2,1H3. The average molecular weight is 614 g/mol. The van der Waals surface area contributed by atoms with Crippen molar-refractivity contribution < 1.29 is 4.74 Å². The Labute approximate surface area is 277 Å². The molecule has 232 valence electrons. The monoisotopic (exact) mass is 613 g/mol. The number of hydrogen-bond donors (Lipinski definition) is 1. The van der Waals surface area contributed by atoms with Crippen LogP contribution >= 0.6 is 0 Å². The Morgan fingerprint density at radius 1 is 0.723 bits per heavy atom. The highest BCUT2D eigenvalue weighted by Gasteiger charge is 2.54. The first-order chi connectivity index (χ1) is 23.2. The van der Waals surface area contributed by atoms with Crippen LogP contribution in [0, 0.1) is 23.7 Å². The van der Waals surface area contributed by atoms with Crippen LogP contribution in [0.2, 0.25) is 0 Å². The molecule has 1 saturated heterocycles. The van der Waals surface area contributed by atoms with Crippen molar-refractivity contribution >= 4 is 5.57 Å². The molecule has 3 heterocycles. The summed E-state index contributed by atoms with van der Waals surface area (Å²) in [6.45, 7) is 2.38. The third-order valence-corrected chi connectivity index (χ3v) is 10.8. The van der Waals surface area contributed by atoms with Gasteiger partial charge in [-0.1, -0.05) is 140 Å². The maximum Gasteiger partial charge on any atom is 0.176 e. The molecule has 0 amide bonds. The Morgan fingerprint density at radius 2 is 1.47 bits per heavy atom. The lowest BCUT2D eigenvalue weighted by molar-refractivity contribution is 0.0662. The number of pyridine rings is 1. The van der Waals surface area contributed by atoms with Gasteiger partial charge < -0.3 is 10.1 Å². The zero-order valence-electron chi connectivity index (χ0n) is 26.6. The number of nitrogens with zero attached hydrogens (tertiary/aromatic N) is 2. The molecule has 0 saturated carbocycles. The summed E-state index contributed by atoms with van der Waals surface area (Å²) in [7, 11) is 0. The fourth-order valence-corrected chi connectivity index (χ4v) is 8.54. The summed E-state index contributed by atoms with van der Waals surface area (Å²) in [4.78, 5) is 8.07. The SMILES string of the molecule is CC1C(c2cc(-c3ccccc3)cc(-c3ccccc3)n2)=CC=CC1N1C2C=CC=CC2C2C3=C(C=CC21)NC(C1C=CC=CC1)O3. The van der Waals surface area contributed by atoms with E-state index in [4.69, 9.17) is 9.72 Å². The Morgan fingerprint density at radius 3 is 2.28 bits per heavy atom. The van der Waals surface area contributed by atoms with Gasteiger partial charge in [0.1, 0.15) is 5.76 Å². The van der Waals surface area contributed by atoms with Crippen LogP contribution in [-0.2, 0) is 4.74 Å². The highest BCUT2D eigenvalue weighted by atomic mass is 16.5. The van der Waals surface area contributed by atoms with E-state index in [-0.39, 0.29) is 36.2 Å². The van der Waals surface area contributed by atoms with Gasteiger partial charge in [0.2, 0.25) is 0 Å². The van der Waals surface area contributed by atoms with Gasteiger partial charge in [-0.15, -0.1) is 0 Å². The summed E-state index contributed by atoms with van der Waals surface area (Å²) in [5.41, 5.74) is 8.00. The van der Waals surface area contributed by atoms with E-state index >= 15 is 0 Å². The normalized spacial score (nSPS) is 31.6. The van der Waals surface area contributed by atoms with E-state index in [0.717, 1.165) is 34.8 Å². The molecule has 0 spiro atoms.